The summed E-state index contributed by atoms with van der Waals surface area (Å²) in [4.78, 5) is 22.7. The van der Waals surface area contributed by atoms with E-state index in [1.807, 2.05) is 26.8 Å². The van der Waals surface area contributed by atoms with Crippen LogP contribution in [0.2, 0.25) is 5.15 Å². The molecule has 23 heavy (non-hydrogen) atoms. The predicted octanol–water partition coefficient (Wildman–Crippen LogP) is 3.32. The van der Waals surface area contributed by atoms with Crippen molar-refractivity contribution in [2.24, 2.45) is 17.8 Å². The maximum Gasteiger partial charge on any atom is 0.306 e. The summed E-state index contributed by atoms with van der Waals surface area (Å²) < 4.78 is 5.50. The van der Waals surface area contributed by atoms with Crippen LogP contribution in [0.15, 0.2) is 12.4 Å². The maximum atomic E-state index is 12.2. The van der Waals surface area contributed by atoms with E-state index in [0.717, 1.165) is 18.9 Å². The van der Waals surface area contributed by atoms with Crippen LogP contribution >= 0.6 is 11.6 Å². The van der Waals surface area contributed by atoms with E-state index < -0.39 is 5.60 Å². The van der Waals surface area contributed by atoms with Crippen LogP contribution in [0, 0.1) is 17.8 Å². The molecule has 2 heterocycles. The van der Waals surface area contributed by atoms with Crippen LogP contribution in [0.5, 0.6) is 0 Å². The molecule has 0 spiro atoms. The zero-order valence-electron chi connectivity index (χ0n) is 14.0. The average molecular weight is 338 g/mol. The lowest BCUT2D eigenvalue weighted by molar-refractivity contribution is -0.156. The van der Waals surface area contributed by atoms with Gasteiger partial charge in [-0.1, -0.05) is 11.6 Å². The molecule has 126 valence electrons. The molecule has 2 aliphatic rings. The number of nitrogens with zero attached hydrogens (tertiary/aromatic N) is 3. The second-order valence-electron chi connectivity index (χ2n) is 7.66. The van der Waals surface area contributed by atoms with Gasteiger partial charge in [-0.2, -0.15) is 0 Å². The molecular weight excluding hydrogens is 314 g/mol. The van der Waals surface area contributed by atoms with Crippen LogP contribution < -0.4 is 4.90 Å². The van der Waals surface area contributed by atoms with Crippen molar-refractivity contribution >= 4 is 23.4 Å². The molecule has 2 fully saturated rings. The van der Waals surface area contributed by atoms with E-state index in [0.29, 0.717) is 29.3 Å². The van der Waals surface area contributed by atoms with Crippen molar-refractivity contribution in [2.75, 3.05) is 18.0 Å². The topological polar surface area (TPSA) is 55.3 Å². The first-order valence-corrected chi connectivity index (χ1v) is 8.64. The van der Waals surface area contributed by atoms with E-state index in [4.69, 9.17) is 16.3 Å². The average Bonchev–Trinajstić information content (AvgIpc) is 2.68. The molecule has 1 aromatic rings. The Kier molecular flexibility index (Phi) is 4.50. The Hall–Kier alpha value is -1.36. The van der Waals surface area contributed by atoms with Gasteiger partial charge in [0.2, 0.25) is 0 Å². The van der Waals surface area contributed by atoms with Crippen molar-refractivity contribution < 1.29 is 9.53 Å². The lowest BCUT2D eigenvalue weighted by atomic mass is 9.82. The first kappa shape index (κ1) is 16.5. The number of carbonyl (C=O) groups is 1. The molecule has 1 aliphatic carbocycles. The smallest absolute Gasteiger partial charge is 0.306 e. The second-order valence-corrected chi connectivity index (χ2v) is 8.04. The number of anilines is 1. The highest BCUT2D eigenvalue weighted by atomic mass is 35.5. The van der Waals surface area contributed by atoms with Gasteiger partial charge in [-0.3, -0.25) is 4.79 Å². The summed E-state index contributed by atoms with van der Waals surface area (Å²) in [6.45, 7) is 7.61. The van der Waals surface area contributed by atoms with Gasteiger partial charge in [-0.15, -0.1) is 0 Å². The Morgan fingerprint density at radius 3 is 2.52 bits per heavy atom. The Balaban J connectivity index is 1.64. The number of halogens is 1. The Labute approximate surface area is 142 Å². The van der Waals surface area contributed by atoms with E-state index in [2.05, 4.69) is 14.9 Å². The van der Waals surface area contributed by atoms with Crippen LogP contribution in [0.3, 0.4) is 0 Å². The largest absolute Gasteiger partial charge is 0.460 e. The zero-order valence-corrected chi connectivity index (χ0v) is 14.7. The fraction of sp³-hybridized carbons (Fsp3) is 0.706. The highest BCUT2D eigenvalue weighted by Gasteiger charge is 2.43. The second kappa shape index (κ2) is 6.27. The first-order valence-electron chi connectivity index (χ1n) is 8.26. The number of aromatic nitrogens is 2. The number of fused-ring (bicyclic) bond motifs is 2. The summed E-state index contributed by atoms with van der Waals surface area (Å²) in [5.41, 5.74) is -0.408. The summed E-state index contributed by atoms with van der Waals surface area (Å²) in [7, 11) is 0. The van der Waals surface area contributed by atoms with Crippen LogP contribution in [-0.2, 0) is 9.53 Å². The van der Waals surface area contributed by atoms with Crippen LogP contribution in [-0.4, -0.2) is 34.6 Å². The van der Waals surface area contributed by atoms with Crippen molar-refractivity contribution in [3.05, 3.63) is 17.5 Å². The molecule has 1 saturated carbocycles. The number of esters is 1. The van der Waals surface area contributed by atoms with Crippen LogP contribution in [0.25, 0.3) is 0 Å². The molecule has 1 aromatic heterocycles. The Bertz CT molecular complexity index is 573. The molecule has 1 unspecified atom stereocenters. The molecule has 6 heteroatoms. The van der Waals surface area contributed by atoms with Gasteiger partial charge in [0.15, 0.2) is 0 Å². The summed E-state index contributed by atoms with van der Waals surface area (Å²) in [5, 5.41) is 0.471. The zero-order chi connectivity index (χ0) is 16.6. The minimum absolute atomic E-state index is 0.0714. The van der Waals surface area contributed by atoms with E-state index in [1.165, 1.54) is 19.2 Å². The molecule has 0 amide bonds. The number of carbonyl (C=O) groups excluding carboxylic acids is 1. The molecule has 5 nitrogen and oxygen atoms in total. The van der Waals surface area contributed by atoms with Gasteiger partial charge >= 0.3 is 5.97 Å². The van der Waals surface area contributed by atoms with Crippen molar-refractivity contribution in [2.45, 2.75) is 45.6 Å². The van der Waals surface area contributed by atoms with Crippen LogP contribution in [0.4, 0.5) is 5.82 Å². The third kappa shape index (κ3) is 3.94. The van der Waals surface area contributed by atoms with Crippen molar-refractivity contribution in [1.29, 1.82) is 0 Å². The molecule has 1 saturated heterocycles. The molecule has 0 aromatic carbocycles. The highest BCUT2D eigenvalue weighted by molar-refractivity contribution is 6.29. The number of hydrogen-bond acceptors (Lipinski definition) is 5. The lowest BCUT2D eigenvalue weighted by Gasteiger charge is -2.38. The molecule has 0 N–H and O–H groups in total. The molecule has 3 rings (SSSR count). The van der Waals surface area contributed by atoms with Gasteiger partial charge in [-0.25, -0.2) is 9.97 Å². The third-order valence-corrected chi connectivity index (χ3v) is 5.00. The number of ether oxygens (including phenoxy) is 1. The molecule has 0 radical (unpaired) electrons. The van der Waals surface area contributed by atoms with E-state index in [-0.39, 0.29) is 5.97 Å². The number of piperidine rings is 1. The fourth-order valence-corrected chi connectivity index (χ4v) is 4.07. The van der Waals surface area contributed by atoms with E-state index in [1.54, 1.807) is 0 Å². The van der Waals surface area contributed by atoms with Gasteiger partial charge in [0.1, 0.15) is 22.9 Å². The third-order valence-electron chi connectivity index (χ3n) is 4.79. The van der Waals surface area contributed by atoms with Crippen molar-refractivity contribution in [3.63, 3.8) is 0 Å². The predicted molar refractivity (Wildman–Crippen MR) is 89.4 cm³/mol. The Morgan fingerprint density at radius 1 is 1.30 bits per heavy atom. The van der Waals surface area contributed by atoms with Crippen LogP contribution in [0.1, 0.15) is 40.0 Å². The number of rotatable bonds is 3. The van der Waals surface area contributed by atoms with Gasteiger partial charge in [-0.05, 0) is 51.4 Å². The summed E-state index contributed by atoms with van der Waals surface area (Å²) in [6, 6.07) is 1.81. The Morgan fingerprint density at radius 2 is 1.96 bits per heavy atom. The summed E-state index contributed by atoms with van der Waals surface area (Å²) in [5.74, 6) is 2.29. The van der Waals surface area contributed by atoms with Crippen molar-refractivity contribution in [1.82, 2.24) is 9.97 Å². The SMILES string of the molecule is CC(C)(C)OC(=O)CC1[C@@H]2CC[C@H]1CN(c1cc(Cl)ncn1)C2. The maximum absolute atomic E-state index is 12.2. The normalized spacial score (nSPS) is 27.1. The highest BCUT2D eigenvalue weighted by Crippen LogP contribution is 2.44. The standard InChI is InChI=1S/C17H24ClN3O2/c1-17(2,3)23-16(22)6-13-11-4-5-12(13)9-21(8-11)15-7-14(18)19-10-20-15/h7,10-13H,4-6,8-9H2,1-3H3/t11-,12+,13?. The van der Waals surface area contributed by atoms with Gasteiger partial charge < -0.3 is 9.64 Å². The van der Waals surface area contributed by atoms with Crippen molar-refractivity contribution in [3.8, 4) is 0 Å². The molecule has 2 bridgehead atoms. The quantitative estimate of drug-likeness (QED) is 0.625. The molecular formula is C17H24ClN3O2. The summed E-state index contributed by atoms with van der Waals surface area (Å²) >= 11 is 5.97. The minimum atomic E-state index is -0.408. The van der Waals surface area contributed by atoms with E-state index >= 15 is 0 Å². The minimum Gasteiger partial charge on any atom is -0.460 e. The van der Waals surface area contributed by atoms with Gasteiger partial charge in [0, 0.05) is 25.6 Å². The monoisotopic (exact) mass is 337 g/mol. The van der Waals surface area contributed by atoms with Gasteiger partial charge in [0.05, 0.1) is 0 Å². The molecule has 3 atom stereocenters. The molecule has 1 aliphatic heterocycles. The first-order chi connectivity index (χ1) is 10.8. The van der Waals surface area contributed by atoms with Gasteiger partial charge in [0.25, 0.3) is 0 Å². The lowest BCUT2D eigenvalue weighted by Crippen LogP contribution is -2.43. The number of hydrogen-bond donors (Lipinski definition) is 0. The van der Waals surface area contributed by atoms with E-state index in [9.17, 15) is 4.79 Å². The summed E-state index contributed by atoms with van der Waals surface area (Å²) in [6.07, 6.45) is 4.39. The fourth-order valence-electron chi connectivity index (χ4n) is 3.93.